The zero-order valence-corrected chi connectivity index (χ0v) is 9.77. The molecule has 1 N–H and O–H groups in total. The van der Waals surface area contributed by atoms with E-state index < -0.39 is 0 Å². The van der Waals surface area contributed by atoms with E-state index in [0.717, 1.165) is 24.6 Å². The van der Waals surface area contributed by atoms with Gasteiger partial charge in [0.05, 0.1) is 0 Å². The van der Waals surface area contributed by atoms with E-state index in [4.69, 9.17) is 0 Å². The fourth-order valence-corrected chi connectivity index (χ4v) is 1.69. The van der Waals surface area contributed by atoms with Gasteiger partial charge >= 0.3 is 0 Å². The van der Waals surface area contributed by atoms with Crippen LogP contribution in [0.5, 0.6) is 0 Å². The molecule has 16 heavy (non-hydrogen) atoms. The summed E-state index contributed by atoms with van der Waals surface area (Å²) in [4.78, 5) is 4.28. The molecule has 0 amide bonds. The Morgan fingerprint density at radius 2 is 1.94 bits per heavy atom. The van der Waals surface area contributed by atoms with Crippen molar-refractivity contribution < 1.29 is 0 Å². The fourth-order valence-electron chi connectivity index (χ4n) is 1.69. The van der Waals surface area contributed by atoms with E-state index in [-0.39, 0.29) is 0 Å². The number of anilines is 1. The summed E-state index contributed by atoms with van der Waals surface area (Å²) in [5.41, 5.74) is 2.50. The Morgan fingerprint density at radius 3 is 2.56 bits per heavy atom. The van der Waals surface area contributed by atoms with Gasteiger partial charge in [-0.25, -0.2) is 4.98 Å². The molecule has 84 valence electrons. The van der Waals surface area contributed by atoms with Crippen LogP contribution in [0.4, 0.5) is 5.95 Å². The van der Waals surface area contributed by atoms with Gasteiger partial charge in [0.15, 0.2) is 0 Å². The molecule has 2 rings (SSSR count). The molecule has 0 bridgehead atoms. The minimum atomic E-state index is 0.879. The Kier molecular flexibility index (Phi) is 3.25. The maximum absolute atomic E-state index is 4.28. The van der Waals surface area contributed by atoms with Crippen molar-refractivity contribution >= 4 is 5.95 Å². The van der Waals surface area contributed by atoms with Crippen molar-refractivity contribution in [1.82, 2.24) is 9.55 Å². The SMILES string of the molecule is CCNc1nccn1-c1ccc(CC)cc1. The summed E-state index contributed by atoms with van der Waals surface area (Å²) in [5, 5.41) is 3.24. The molecular weight excluding hydrogens is 198 g/mol. The fraction of sp³-hybridized carbons (Fsp3) is 0.308. The minimum absolute atomic E-state index is 0.879. The van der Waals surface area contributed by atoms with Gasteiger partial charge in [-0.3, -0.25) is 4.57 Å². The summed E-state index contributed by atoms with van der Waals surface area (Å²) in [6.45, 7) is 5.11. The number of aryl methyl sites for hydroxylation is 1. The van der Waals surface area contributed by atoms with E-state index in [0.29, 0.717) is 0 Å². The number of benzene rings is 1. The summed E-state index contributed by atoms with van der Waals surface area (Å²) in [6.07, 6.45) is 4.86. The first-order chi connectivity index (χ1) is 7.85. The summed E-state index contributed by atoms with van der Waals surface area (Å²) in [7, 11) is 0. The van der Waals surface area contributed by atoms with E-state index in [1.807, 2.05) is 12.4 Å². The van der Waals surface area contributed by atoms with Gasteiger partial charge in [0.25, 0.3) is 0 Å². The molecule has 0 atom stereocenters. The highest BCUT2D eigenvalue weighted by Gasteiger charge is 2.02. The number of hydrogen-bond donors (Lipinski definition) is 1. The van der Waals surface area contributed by atoms with Crippen LogP contribution in [0.1, 0.15) is 19.4 Å². The van der Waals surface area contributed by atoms with Crippen LogP contribution in [0.2, 0.25) is 0 Å². The van der Waals surface area contributed by atoms with Crippen LogP contribution < -0.4 is 5.32 Å². The van der Waals surface area contributed by atoms with Crippen molar-refractivity contribution in [3.8, 4) is 5.69 Å². The van der Waals surface area contributed by atoms with E-state index in [9.17, 15) is 0 Å². The molecule has 0 aliphatic rings. The van der Waals surface area contributed by atoms with Crippen molar-refractivity contribution in [2.24, 2.45) is 0 Å². The molecule has 0 radical (unpaired) electrons. The van der Waals surface area contributed by atoms with Crippen LogP contribution in [-0.4, -0.2) is 16.1 Å². The van der Waals surface area contributed by atoms with E-state index in [1.165, 1.54) is 5.56 Å². The van der Waals surface area contributed by atoms with Crippen LogP contribution in [-0.2, 0) is 6.42 Å². The van der Waals surface area contributed by atoms with Crippen LogP contribution in [0, 0.1) is 0 Å². The topological polar surface area (TPSA) is 29.9 Å². The van der Waals surface area contributed by atoms with Crippen LogP contribution in [0.25, 0.3) is 5.69 Å². The second-order valence-corrected chi connectivity index (χ2v) is 3.67. The van der Waals surface area contributed by atoms with Gasteiger partial charge in [0.2, 0.25) is 5.95 Å². The zero-order valence-electron chi connectivity index (χ0n) is 9.77. The van der Waals surface area contributed by atoms with Crippen molar-refractivity contribution in [2.75, 3.05) is 11.9 Å². The average Bonchev–Trinajstić information content (AvgIpc) is 2.78. The molecule has 1 aromatic heterocycles. The number of hydrogen-bond acceptors (Lipinski definition) is 2. The van der Waals surface area contributed by atoms with Gasteiger partial charge in [-0.2, -0.15) is 0 Å². The van der Waals surface area contributed by atoms with Crippen LogP contribution >= 0.6 is 0 Å². The normalized spacial score (nSPS) is 10.4. The summed E-state index contributed by atoms with van der Waals surface area (Å²) >= 11 is 0. The molecule has 2 aromatic rings. The van der Waals surface area contributed by atoms with Crippen molar-refractivity contribution in [3.05, 3.63) is 42.2 Å². The van der Waals surface area contributed by atoms with Crippen molar-refractivity contribution in [3.63, 3.8) is 0 Å². The van der Waals surface area contributed by atoms with E-state index >= 15 is 0 Å². The minimum Gasteiger partial charge on any atom is -0.356 e. The first-order valence-electron chi connectivity index (χ1n) is 5.71. The van der Waals surface area contributed by atoms with Gasteiger partial charge in [-0.15, -0.1) is 0 Å². The Balaban J connectivity index is 2.31. The molecule has 0 spiro atoms. The smallest absolute Gasteiger partial charge is 0.207 e. The molecule has 0 fully saturated rings. The number of imidazole rings is 1. The van der Waals surface area contributed by atoms with Gasteiger partial charge in [-0.1, -0.05) is 19.1 Å². The highest BCUT2D eigenvalue weighted by Crippen LogP contribution is 2.15. The largest absolute Gasteiger partial charge is 0.356 e. The maximum atomic E-state index is 4.28. The monoisotopic (exact) mass is 215 g/mol. The molecular formula is C13H17N3. The molecule has 1 heterocycles. The summed E-state index contributed by atoms with van der Waals surface area (Å²) in [6, 6.07) is 8.57. The molecule has 1 aromatic carbocycles. The standard InChI is InChI=1S/C13H17N3/c1-3-11-5-7-12(8-6-11)16-10-9-15-13(16)14-4-2/h5-10H,3-4H2,1-2H3,(H,14,15). The molecule has 0 aliphatic carbocycles. The summed E-state index contributed by atoms with van der Waals surface area (Å²) < 4.78 is 2.06. The molecule has 0 unspecified atom stereocenters. The number of rotatable bonds is 4. The third kappa shape index (κ3) is 2.08. The van der Waals surface area contributed by atoms with Crippen LogP contribution in [0.15, 0.2) is 36.7 Å². The Morgan fingerprint density at radius 1 is 1.19 bits per heavy atom. The van der Waals surface area contributed by atoms with Gasteiger partial charge in [0, 0.05) is 24.6 Å². The lowest BCUT2D eigenvalue weighted by atomic mass is 10.1. The zero-order chi connectivity index (χ0) is 11.4. The maximum Gasteiger partial charge on any atom is 0.207 e. The van der Waals surface area contributed by atoms with Crippen molar-refractivity contribution in [2.45, 2.75) is 20.3 Å². The van der Waals surface area contributed by atoms with Crippen LogP contribution in [0.3, 0.4) is 0 Å². The molecule has 3 nitrogen and oxygen atoms in total. The highest BCUT2D eigenvalue weighted by atomic mass is 15.2. The molecule has 0 saturated heterocycles. The van der Waals surface area contributed by atoms with Crippen molar-refractivity contribution in [1.29, 1.82) is 0 Å². The second kappa shape index (κ2) is 4.84. The Labute approximate surface area is 96.1 Å². The van der Waals surface area contributed by atoms with E-state index in [1.54, 1.807) is 0 Å². The summed E-state index contributed by atoms with van der Waals surface area (Å²) in [5.74, 6) is 0.895. The quantitative estimate of drug-likeness (QED) is 0.850. The predicted octanol–water partition coefficient (Wildman–Crippen LogP) is 2.87. The van der Waals surface area contributed by atoms with E-state index in [2.05, 4.69) is 53.0 Å². The predicted molar refractivity (Wildman–Crippen MR) is 67.1 cm³/mol. The first-order valence-corrected chi connectivity index (χ1v) is 5.71. The van der Waals surface area contributed by atoms with Gasteiger partial charge < -0.3 is 5.32 Å². The van der Waals surface area contributed by atoms with Gasteiger partial charge in [-0.05, 0) is 31.0 Å². The lowest BCUT2D eigenvalue weighted by Crippen LogP contribution is -2.04. The third-order valence-corrected chi connectivity index (χ3v) is 2.60. The van der Waals surface area contributed by atoms with Gasteiger partial charge in [0.1, 0.15) is 0 Å². The lowest BCUT2D eigenvalue weighted by Gasteiger charge is -2.08. The molecule has 3 heteroatoms. The number of nitrogens with zero attached hydrogens (tertiary/aromatic N) is 2. The third-order valence-electron chi connectivity index (χ3n) is 2.60. The number of nitrogens with one attached hydrogen (secondary N) is 1. The molecule has 0 aliphatic heterocycles. The Hall–Kier alpha value is -1.77. The lowest BCUT2D eigenvalue weighted by molar-refractivity contribution is 1.02. The Bertz CT molecular complexity index is 442. The molecule has 0 saturated carbocycles. The highest BCUT2D eigenvalue weighted by molar-refractivity contribution is 5.42. The average molecular weight is 215 g/mol. The number of aromatic nitrogens is 2. The second-order valence-electron chi connectivity index (χ2n) is 3.67. The first kappa shape index (κ1) is 10.7.